The zero-order valence-corrected chi connectivity index (χ0v) is 6.15. The van der Waals surface area contributed by atoms with Crippen LogP contribution < -0.4 is 5.73 Å². The quantitative estimate of drug-likeness (QED) is 0.548. The normalized spacial score (nSPS) is 43.8. The van der Waals surface area contributed by atoms with Crippen molar-refractivity contribution in [1.82, 2.24) is 0 Å². The first-order valence-corrected chi connectivity index (χ1v) is 4.12. The van der Waals surface area contributed by atoms with Crippen molar-refractivity contribution in [3.05, 3.63) is 0 Å². The molecule has 2 fully saturated rings. The maximum atomic E-state index is 13.0. The Bertz CT molecular complexity index is 142. The molecule has 1 nitrogen and oxygen atoms in total. The Morgan fingerprint density at radius 2 is 2.00 bits per heavy atom. The van der Waals surface area contributed by atoms with Gasteiger partial charge in [0.1, 0.15) is 6.17 Å². The Balaban J connectivity index is 1.98. The molecule has 2 rings (SSSR count). The molecule has 0 saturated heterocycles. The average molecular weight is 143 g/mol. The van der Waals surface area contributed by atoms with E-state index in [1.54, 1.807) is 0 Å². The van der Waals surface area contributed by atoms with Crippen LogP contribution in [0.2, 0.25) is 0 Å². The molecule has 0 aromatic carbocycles. The van der Waals surface area contributed by atoms with Crippen molar-refractivity contribution in [3.8, 4) is 0 Å². The van der Waals surface area contributed by atoms with Gasteiger partial charge in [-0.05, 0) is 37.5 Å². The summed E-state index contributed by atoms with van der Waals surface area (Å²) < 4.78 is 13.0. The summed E-state index contributed by atoms with van der Waals surface area (Å²) in [6.07, 6.45) is 4.61. The predicted octanol–water partition coefficient (Wildman–Crippen LogP) is 1.62. The van der Waals surface area contributed by atoms with Crippen LogP contribution in [0.15, 0.2) is 0 Å². The summed E-state index contributed by atoms with van der Waals surface area (Å²) >= 11 is 0. The molecule has 0 radical (unpaired) electrons. The van der Waals surface area contributed by atoms with Crippen molar-refractivity contribution in [2.24, 2.45) is 11.1 Å². The van der Waals surface area contributed by atoms with E-state index in [9.17, 15) is 4.39 Å². The molecule has 2 atom stereocenters. The molecule has 0 heterocycles. The summed E-state index contributed by atoms with van der Waals surface area (Å²) in [5.41, 5.74) is 5.98. The monoisotopic (exact) mass is 143 g/mol. The average Bonchev–Trinajstić information content (AvgIpc) is 2.62. The van der Waals surface area contributed by atoms with Crippen LogP contribution in [-0.4, -0.2) is 12.2 Å². The van der Waals surface area contributed by atoms with Gasteiger partial charge in [0.25, 0.3) is 0 Å². The fraction of sp³-hybridized carbons (Fsp3) is 1.00. The van der Waals surface area contributed by atoms with Gasteiger partial charge in [0.05, 0.1) is 0 Å². The topological polar surface area (TPSA) is 26.0 Å². The summed E-state index contributed by atoms with van der Waals surface area (Å²) in [6, 6.07) is -0.161. The van der Waals surface area contributed by atoms with Gasteiger partial charge < -0.3 is 5.73 Å². The maximum absolute atomic E-state index is 13.0. The number of hydrogen-bond acceptors (Lipinski definition) is 1. The Morgan fingerprint density at radius 3 is 2.50 bits per heavy atom. The lowest BCUT2D eigenvalue weighted by atomic mass is 9.82. The van der Waals surface area contributed by atoms with Crippen molar-refractivity contribution in [1.29, 1.82) is 0 Å². The number of halogens is 1. The summed E-state index contributed by atoms with van der Waals surface area (Å²) in [6.45, 7) is 0. The molecule has 0 amide bonds. The van der Waals surface area contributed by atoms with Crippen LogP contribution in [0.3, 0.4) is 0 Å². The summed E-state index contributed by atoms with van der Waals surface area (Å²) in [7, 11) is 0. The molecular formula is C8H14FN. The molecule has 0 bridgehead atoms. The van der Waals surface area contributed by atoms with Gasteiger partial charge in [-0.25, -0.2) is 4.39 Å². The minimum atomic E-state index is -0.712. The second-order valence-corrected chi connectivity index (χ2v) is 3.92. The molecule has 0 aromatic heterocycles. The molecular weight excluding hydrogens is 129 g/mol. The van der Waals surface area contributed by atoms with E-state index in [1.807, 2.05) is 0 Å². The van der Waals surface area contributed by atoms with Crippen molar-refractivity contribution < 1.29 is 4.39 Å². The Hall–Kier alpha value is -0.110. The van der Waals surface area contributed by atoms with Crippen molar-refractivity contribution in [2.75, 3.05) is 0 Å². The lowest BCUT2D eigenvalue weighted by Crippen LogP contribution is -2.38. The van der Waals surface area contributed by atoms with E-state index in [0.29, 0.717) is 5.41 Å². The highest BCUT2D eigenvalue weighted by atomic mass is 19.1. The van der Waals surface area contributed by atoms with E-state index < -0.39 is 6.17 Å². The van der Waals surface area contributed by atoms with Crippen molar-refractivity contribution >= 4 is 0 Å². The minimum Gasteiger partial charge on any atom is -0.325 e. The molecule has 2 saturated carbocycles. The molecule has 1 spiro atoms. The third-order valence-electron chi connectivity index (χ3n) is 3.06. The molecule has 2 heteroatoms. The van der Waals surface area contributed by atoms with Crippen LogP contribution >= 0.6 is 0 Å². The van der Waals surface area contributed by atoms with Crippen LogP contribution in [-0.2, 0) is 0 Å². The number of alkyl halides is 1. The van der Waals surface area contributed by atoms with E-state index >= 15 is 0 Å². The fourth-order valence-electron chi connectivity index (χ4n) is 1.95. The zero-order chi connectivity index (χ0) is 7.19. The highest BCUT2D eigenvalue weighted by molar-refractivity contribution is 5.00. The number of rotatable bonds is 0. The molecule has 2 N–H and O–H groups in total. The van der Waals surface area contributed by atoms with E-state index in [-0.39, 0.29) is 6.04 Å². The predicted molar refractivity (Wildman–Crippen MR) is 38.4 cm³/mol. The first kappa shape index (κ1) is 6.59. The summed E-state index contributed by atoms with van der Waals surface area (Å²) in [5, 5.41) is 0. The van der Waals surface area contributed by atoms with Crippen LogP contribution in [0, 0.1) is 5.41 Å². The molecule has 0 aromatic rings. The summed E-state index contributed by atoms with van der Waals surface area (Å²) in [5.74, 6) is 0. The van der Waals surface area contributed by atoms with Crippen LogP contribution in [0.1, 0.15) is 32.1 Å². The van der Waals surface area contributed by atoms with Gasteiger partial charge in [-0.3, -0.25) is 0 Å². The Labute approximate surface area is 60.8 Å². The molecule has 0 aliphatic heterocycles. The lowest BCUT2D eigenvalue weighted by molar-refractivity contribution is 0.159. The SMILES string of the molecule is N[C@@H]1CCC2(CC2)C[C@@H]1F. The van der Waals surface area contributed by atoms with Gasteiger partial charge in [0, 0.05) is 6.04 Å². The van der Waals surface area contributed by atoms with Crippen LogP contribution in [0.4, 0.5) is 4.39 Å². The Kier molecular flexibility index (Phi) is 1.28. The second kappa shape index (κ2) is 1.94. The minimum absolute atomic E-state index is 0.161. The molecule has 0 unspecified atom stereocenters. The largest absolute Gasteiger partial charge is 0.325 e. The van der Waals surface area contributed by atoms with Gasteiger partial charge in [0.15, 0.2) is 0 Å². The van der Waals surface area contributed by atoms with Gasteiger partial charge in [-0.15, -0.1) is 0 Å². The van der Waals surface area contributed by atoms with Crippen LogP contribution in [0.5, 0.6) is 0 Å². The number of nitrogens with two attached hydrogens (primary N) is 1. The molecule has 2 aliphatic rings. The van der Waals surface area contributed by atoms with Gasteiger partial charge in [0.2, 0.25) is 0 Å². The lowest BCUT2D eigenvalue weighted by Gasteiger charge is -2.29. The third kappa shape index (κ3) is 0.947. The molecule has 58 valence electrons. The van der Waals surface area contributed by atoms with E-state index in [0.717, 1.165) is 12.8 Å². The third-order valence-corrected chi connectivity index (χ3v) is 3.06. The van der Waals surface area contributed by atoms with Gasteiger partial charge >= 0.3 is 0 Å². The van der Waals surface area contributed by atoms with Crippen LogP contribution in [0.25, 0.3) is 0 Å². The summed E-state index contributed by atoms with van der Waals surface area (Å²) in [4.78, 5) is 0. The highest BCUT2D eigenvalue weighted by Crippen LogP contribution is 2.56. The zero-order valence-electron chi connectivity index (χ0n) is 6.15. The van der Waals surface area contributed by atoms with Crippen molar-refractivity contribution in [2.45, 2.75) is 44.3 Å². The highest BCUT2D eigenvalue weighted by Gasteiger charge is 2.48. The van der Waals surface area contributed by atoms with Crippen molar-refractivity contribution in [3.63, 3.8) is 0 Å². The second-order valence-electron chi connectivity index (χ2n) is 3.92. The van der Waals surface area contributed by atoms with E-state index in [1.165, 1.54) is 19.3 Å². The van der Waals surface area contributed by atoms with E-state index in [4.69, 9.17) is 5.73 Å². The first-order valence-electron chi connectivity index (χ1n) is 4.12. The van der Waals surface area contributed by atoms with E-state index in [2.05, 4.69) is 0 Å². The smallest absolute Gasteiger partial charge is 0.116 e. The molecule has 2 aliphatic carbocycles. The van der Waals surface area contributed by atoms with Gasteiger partial charge in [-0.1, -0.05) is 0 Å². The first-order chi connectivity index (χ1) is 4.72. The fourth-order valence-corrected chi connectivity index (χ4v) is 1.95. The number of hydrogen-bond donors (Lipinski definition) is 1. The molecule has 10 heavy (non-hydrogen) atoms. The van der Waals surface area contributed by atoms with Gasteiger partial charge in [-0.2, -0.15) is 0 Å². The Morgan fingerprint density at radius 1 is 1.30 bits per heavy atom. The standard InChI is InChI=1S/C8H14FN/c9-6-5-8(3-4-8)2-1-7(6)10/h6-7H,1-5,10H2/t6-,7+/m0/s1. The maximum Gasteiger partial charge on any atom is 0.116 e.